The summed E-state index contributed by atoms with van der Waals surface area (Å²) in [7, 11) is 0. The van der Waals surface area contributed by atoms with Crippen LogP contribution in [0.15, 0.2) is 18.5 Å². The van der Waals surface area contributed by atoms with E-state index in [0.717, 1.165) is 0 Å². The summed E-state index contributed by atoms with van der Waals surface area (Å²) in [5.74, 6) is -0.519. The van der Waals surface area contributed by atoms with Crippen molar-refractivity contribution in [2.45, 2.75) is 7.43 Å². The van der Waals surface area contributed by atoms with Gasteiger partial charge in [-0.2, -0.15) is 5.26 Å². The predicted molar refractivity (Wildman–Crippen MR) is 47.5 cm³/mol. The Morgan fingerprint density at radius 1 is 1.46 bits per heavy atom. The summed E-state index contributed by atoms with van der Waals surface area (Å²) < 4.78 is 12.9. The minimum Gasteiger partial charge on any atom is -0.345 e. The number of nitriles is 1. The summed E-state index contributed by atoms with van der Waals surface area (Å²) in [5, 5.41) is 8.49. The van der Waals surface area contributed by atoms with Crippen LogP contribution in [0.1, 0.15) is 13.0 Å². The fourth-order valence-corrected chi connectivity index (χ4v) is 1.04. The molecular weight excluding hydrogens is 169 g/mol. The summed E-state index contributed by atoms with van der Waals surface area (Å²) in [4.78, 5) is 6.65. The molecule has 0 aliphatic carbocycles. The third-order valence-electron chi connectivity index (χ3n) is 1.63. The summed E-state index contributed by atoms with van der Waals surface area (Å²) in [6, 6.07) is 4.43. The van der Waals surface area contributed by atoms with Crippen LogP contribution in [0.5, 0.6) is 0 Å². The van der Waals surface area contributed by atoms with Gasteiger partial charge < -0.3 is 4.98 Å². The number of fused-ring (bicyclic) bond motifs is 1. The lowest BCUT2D eigenvalue weighted by atomic mass is 10.2. The fraction of sp³-hybridized carbons (Fsp3) is 0.111. The highest BCUT2D eigenvalue weighted by molar-refractivity contribution is 5.76. The average molecular weight is 177 g/mol. The monoisotopic (exact) mass is 177 g/mol. The van der Waals surface area contributed by atoms with E-state index in [1.165, 1.54) is 18.5 Å². The second-order valence-corrected chi connectivity index (χ2v) is 2.36. The Hall–Kier alpha value is -1.89. The second kappa shape index (κ2) is 3.23. The molecule has 1 heterocycles. The number of rotatable bonds is 0. The lowest BCUT2D eigenvalue weighted by Gasteiger charge is -1.91. The molecule has 0 saturated carbocycles. The molecule has 13 heavy (non-hydrogen) atoms. The number of nitrogens with one attached hydrogen (secondary N) is 1. The number of halogens is 1. The Morgan fingerprint density at radius 2 is 2.23 bits per heavy atom. The van der Waals surface area contributed by atoms with Crippen LogP contribution >= 0.6 is 0 Å². The van der Waals surface area contributed by atoms with Crippen molar-refractivity contribution in [3.63, 3.8) is 0 Å². The molecule has 0 radical (unpaired) electrons. The van der Waals surface area contributed by atoms with Crippen molar-refractivity contribution in [3.8, 4) is 6.07 Å². The number of hydrogen-bond donors (Lipinski definition) is 1. The maximum atomic E-state index is 12.9. The average Bonchev–Trinajstić information content (AvgIpc) is 2.49. The van der Waals surface area contributed by atoms with Gasteiger partial charge in [0.2, 0.25) is 0 Å². The highest BCUT2D eigenvalue weighted by Crippen LogP contribution is 2.14. The van der Waals surface area contributed by atoms with Gasteiger partial charge in [-0.3, -0.25) is 0 Å². The molecule has 3 nitrogen and oxygen atoms in total. The van der Waals surface area contributed by atoms with E-state index in [2.05, 4.69) is 9.97 Å². The molecule has 0 saturated heterocycles. The molecule has 2 aromatic rings. The van der Waals surface area contributed by atoms with Gasteiger partial charge in [0.1, 0.15) is 11.9 Å². The molecule has 0 aliphatic heterocycles. The maximum absolute atomic E-state index is 12.9. The van der Waals surface area contributed by atoms with Crippen molar-refractivity contribution in [1.29, 1.82) is 5.26 Å². The van der Waals surface area contributed by atoms with Crippen LogP contribution in [0.2, 0.25) is 0 Å². The molecule has 0 amide bonds. The van der Waals surface area contributed by atoms with Crippen LogP contribution in [0.25, 0.3) is 11.0 Å². The van der Waals surface area contributed by atoms with E-state index < -0.39 is 5.82 Å². The van der Waals surface area contributed by atoms with Crippen molar-refractivity contribution in [2.75, 3.05) is 0 Å². The first-order valence-corrected chi connectivity index (χ1v) is 3.34. The molecule has 2 rings (SSSR count). The standard InChI is InChI=1S/C8H4FN3.CH4/c9-6-2-8-7(11-4-12-8)1-5(6)3-10;/h1-2,4H,(H,11,12);1H4. The van der Waals surface area contributed by atoms with E-state index in [1.54, 1.807) is 6.07 Å². The van der Waals surface area contributed by atoms with Crippen molar-refractivity contribution in [3.05, 3.63) is 29.8 Å². The molecule has 0 spiro atoms. The highest BCUT2D eigenvalue weighted by atomic mass is 19.1. The molecular formula is C9H8FN3. The Balaban J connectivity index is 0.000000845. The van der Waals surface area contributed by atoms with E-state index >= 15 is 0 Å². The zero-order valence-electron chi connectivity index (χ0n) is 6.00. The number of aromatic amines is 1. The number of aromatic nitrogens is 2. The van der Waals surface area contributed by atoms with E-state index in [0.29, 0.717) is 11.0 Å². The van der Waals surface area contributed by atoms with Crippen LogP contribution in [0, 0.1) is 17.1 Å². The number of nitrogens with zero attached hydrogens (tertiary/aromatic N) is 2. The van der Waals surface area contributed by atoms with Gasteiger partial charge in [-0.25, -0.2) is 9.37 Å². The van der Waals surface area contributed by atoms with Gasteiger partial charge in [-0.15, -0.1) is 0 Å². The molecule has 1 N–H and O–H groups in total. The summed E-state index contributed by atoms with van der Waals surface area (Å²) in [6.45, 7) is 0. The molecule has 0 unspecified atom stereocenters. The van der Waals surface area contributed by atoms with Crippen molar-refractivity contribution < 1.29 is 4.39 Å². The summed E-state index contributed by atoms with van der Waals surface area (Å²) in [5.41, 5.74) is 1.23. The van der Waals surface area contributed by atoms with Gasteiger partial charge in [0.15, 0.2) is 0 Å². The first-order valence-electron chi connectivity index (χ1n) is 3.34. The SMILES string of the molecule is C.N#Cc1cc2nc[nH]c2cc1F. The van der Waals surface area contributed by atoms with Crippen LogP contribution in [0.4, 0.5) is 4.39 Å². The highest BCUT2D eigenvalue weighted by Gasteiger charge is 2.04. The van der Waals surface area contributed by atoms with Gasteiger partial charge in [0.25, 0.3) is 0 Å². The Morgan fingerprint density at radius 3 is 2.92 bits per heavy atom. The third-order valence-corrected chi connectivity index (χ3v) is 1.63. The van der Waals surface area contributed by atoms with Gasteiger partial charge in [0.05, 0.1) is 22.9 Å². The number of H-pyrrole nitrogens is 1. The molecule has 66 valence electrons. The Labute approximate surface area is 74.8 Å². The minimum absolute atomic E-state index is 0. The molecule has 1 aromatic heterocycles. The third kappa shape index (κ3) is 1.36. The van der Waals surface area contributed by atoms with Crippen molar-refractivity contribution in [1.82, 2.24) is 9.97 Å². The zero-order chi connectivity index (χ0) is 8.55. The van der Waals surface area contributed by atoms with Gasteiger partial charge >= 0.3 is 0 Å². The number of benzene rings is 1. The zero-order valence-corrected chi connectivity index (χ0v) is 6.00. The van der Waals surface area contributed by atoms with Crippen molar-refractivity contribution in [2.24, 2.45) is 0 Å². The van der Waals surface area contributed by atoms with E-state index in [9.17, 15) is 4.39 Å². The first-order chi connectivity index (χ1) is 5.81. The molecule has 0 aliphatic rings. The molecule has 0 atom stereocenters. The predicted octanol–water partition coefficient (Wildman–Crippen LogP) is 2.21. The minimum atomic E-state index is -0.519. The van der Waals surface area contributed by atoms with E-state index in [-0.39, 0.29) is 13.0 Å². The maximum Gasteiger partial charge on any atom is 0.143 e. The largest absolute Gasteiger partial charge is 0.345 e. The first kappa shape index (κ1) is 9.20. The quantitative estimate of drug-likeness (QED) is 0.670. The summed E-state index contributed by atoms with van der Waals surface area (Å²) >= 11 is 0. The smallest absolute Gasteiger partial charge is 0.143 e. The van der Waals surface area contributed by atoms with Crippen LogP contribution < -0.4 is 0 Å². The molecule has 0 bridgehead atoms. The van der Waals surface area contributed by atoms with E-state index in [1.807, 2.05) is 0 Å². The van der Waals surface area contributed by atoms with Gasteiger partial charge in [-0.05, 0) is 6.07 Å². The number of hydrogen-bond acceptors (Lipinski definition) is 2. The lowest BCUT2D eigenvalue weighted by molar-refractivity contribution is 0.625. The number of imidazole rings is 1. The van der Waals surface area contributed by atoms with Gasteiger partial charge in [-0.1, -0.05) is 7.43 Å². The van der Waals surface area contributed by atoms with Gasteiger partial charge in [0, 0.05) is 6.07 Å². The summed E-state index contributed by atoms with van der Waals surface area (Å²) in [6.07, 6.45) is 1.46. The second-order valence-electron chi connectivity index (χ2n) is 2.36. The normalized spacial score (nSPS) is 9.23. The molecule has 1 aromatic carbocycles. The molecule has 0 fully saturated rings. The van der Waals surface area contributed by atoms with Crippen molar-refractivity contribution >= 4 is 11.0 Å². The van der Waals surface area contributed by atoms with Crippen LogP contribution in [-0.4, -0.2) is 9.97 Å². The Bertz CT molecular complexity index is 467. The lowest BCUT2D eigenvalue weighted by Crippen LogP contribution is -1.82. The fourth-order valence-electron chi connectivity index (χ4n) is 1.04. The Kier molecular flexibility index (Phi) is 2.29. The molecule has 4 heteroatoms. The topological polar surface area (TPSA) is 52.5 Å². The van der Waals surface area contributed by atoms with E-state index in [4.69, 9.17) is 5.26 Å². The van der Waals surface area contributed by atoms with Crippen LogP contribution in [-0.2, 0) is 0 Å². The van der Waals surface area contributed by atoms with Crippen LogP contribution in [0.3, 0.4) is 0 Å².